The SMILES string of the molecule is CCOc1ccc2c(c1)CN(C(=O)C(CC(C)C)N1C(=O)C3CC=CCC3C1=O)CC2. The first-order chi connectivity index (χ1) is 14.9. The molecule has 166 valence electrons. The summed E-state index contributed by atoms with van der Waals surface area (Å²) in [5.41, 5.74) is 2.30. The maximum atomic E-state index is 13.7. The summed E-state index contributed by atoms with van der Waals surface area (Å²) < 4.78 is 5.62. The number of carbonyl (C=O) groups is 3. The van der Waals surface area contributed by atoms with E-state index in [0.717, 1.165) is 17.7 Å². The predicted molar refractivity (Wildman–Crippen MR) is 117 cm³/mol. The van der Waals surface area contributed by atoms with E-state index in [1.165, 1.54) is 10.5 Å². The van der Waals surface area contributed by atoms with Gasteiger partial charge in [0.2, 0.25) is 17.7 Å². The van der Waals surface area contributed by atoms with E-state index in [1.54, 1.807) is 0 Å². The molecule has 2 heterocycles. The average Bonchev–Trinajstić information content (AvgIpc) is 3.01. The second kappa shape index (κ2) is 8.85. The Morgan fingerprint density at radius 3 is 2.39 bits per heavy atom. The first kappa shape index (κ1) is 21.6. The summed E-state index contributed by atoms with van der Waals surface area (Å²) in [4.78, 5) is 43.1. The number of fused-ring (bicyclic) bond motifs is 2. The standard InChI is InChI=1S/C25H32N2O4/c1-4-31-19-10-9-17-11-12-26(15-18(17)14-19)25(30)22(13-16(2)3)27-23(28)20-7-5-6-8-21(20)24(27)29/h5-6,9-10,14,16,20-22H,4,7-8,11-13,15H2,1-3H3. The molecule has 1 aromatic carbocycles. The fourth-order valence-corrected chi connectivity index (χ4v) is 5.09. The first-order valence-electron chi connectivity index (χ1n) is 11.5. The maximum absolute atomic E-state index is 13.7. The van der Waals surface area contributed by atoms with Crippen LogP contribution in [-0.4, -0.2) is 46.7 Å². The Labute approximate surface area is 184 Å². The van der Waals surface area contributed by atoms with Crippen molar-refractivity contribution in [2.24, 2.45) is 17.8 Å². The van der Waals surface area contributed by atoms with Crippen LogP contribution in [0, 0.1) is 17.8 Å². The second-order valence-corrected chi connectivity index (χ2v) is 9.22. The Hall–Kier alpha value is -2.63. The summed E-state index contributed by atoms with van der Waals surface area (Å²) in [6.45, 7) is 7.67. The van der Waals surface area contributed by atoms with Crippen molar-refractivity contribution in [1.82, 2.24) is 9.80 Å². The zero-order chi connectivity index (χ0) is 22.1. The molecule has 0 spiro atoms. The number of likely N-dealkylation sites (tertiary alicyclic amines) is 1. The lowest BCUT2D eigenvalue weighted by molar-refractivity contribution is -0.152. The number of ether oxygens (including phenoxy) is 1. The molecule has 1 aliphatic carbocycles. The summed E-state index contributed by atoms with van der Waals surface area (Å²) in [7, 11) is 0. The van der Waals surface area contributed by atoms with Crippen LogP contribution in [0.1, 0.15) is 51.2 Å². The van der Waals surface area contributed by atoms with E-state index in [1.807, 2.05) is 50.0 Å². The van der Waals surface area contributed by atoms with Crippen LogP contribution in [-0.2, 0) is 27.3 Å². The van der Waals surface area contributed by atoms with E-state index in [2.05, 4.69) is 6.07 Å². The van der Waals surface area contributed by atoms with Crippen molar-refractivity contribution in [3.05, 3.63) is 41.5 Å². The Balaban J connectivity index is 1.57. The van der Waals surface area contributed by atoms with E-state index in [9.17, 15) is 14.4 Å². The number of hydrogen-bond donors (Lipinski definition) is 0. The molecule has 0 aromatic heterocycles. The number of benzene rings is 1. The van der Waals surface area contributed by atoms with Crippen molar-refractivity contribution in [2.45, 2.75) is 59.0 Å². The van der Waals surface area contributed by atoms with Crippen molar-refractivity contribution < 1.29 is 19.1 Å². The van der Waals surface area contributed by atoms with Crippen LogP contribution >= 0.6 is 0 Å². The molecule has 1 saturated heterocycles. The van der Waals surface area contributed by atoms with Crippen molar-refractivity contribution in [3.63, 3.8) is 0 Å². The molecule has 3 amide bonds. The van der Waals surface area contributed by atoms with Crippen molar-refractivity contribution in [2.75, 3.05) is 13.2 Å². The highest BCUT2D eigenvalue weighted by Crippen LogP contribution is 2.37. The molecule has 3 unspecified atom stereocenters. The smallest absolute Gasteiger partial charge is 0.246 e. The van der Waals surface area contributed by atoms with Gasteiger partial charge in [0.05, 0.1) is 18.4 Å². The van der Waals surface area contributed by atoms with Crippen LogP contribution in [0.15, 0.2) is 30.4 Å². The third-order valence-corrected chi connectivity index (χ3v) is 6.65. The van der Waals surface area contributed by atoms with Gasteiger partial charge in [0, 0.05) is 13.1 Å². The molecule has 6 heteroatoms. The molecule has 3 aliphatic rings. The summed E-state index contributed by atoms with van der Waals surface area (Å²) in [5.74, 6) is -0.0856. The van der Waals surface area contributed by atoms with E-state index in [0.29, 0.717) is 39.0 Å². The normalized spacial score (nSPS) is 23.7. The van der Waals surface area contributed by atoms with E-state index in [4.69, 9.17) is 4.74 Å². The van der Waals surface area contributed by atoms with Gasteiger partial charge in [-0.15, -0.1) is 0 Å². The van der Waals surface area contributed by atoms with Gasteiger partial charge in [-0.1, -0.05) is 32.1 Å². The number of hydrogen-bond acceptors (Lipinski definition) is 4. The highest BCUT2D eigenvalue weighted by Gasteiger charge is 2.51. The summed E-state index contributed by atoms with van der Waals surface area (Å²) in [5, 5.41) is 0. The van der Waals surface area contributed by atoms with Gasteiger partial charge in [-0.25, -0.2) is 0 Å². The minimum Gasteiger partial charge on any atom is -0.494 e. The molecular weight excluding hydrogens is 392 g/mol. The van der Waals surface area contributed by atoms with Gasteiger partial charge in [0.25, 0.3) is 0 Å². The molecule has 1 aromatic rings. The van der Waals surface area contributed by atoms with E-state index < -0.39 is 6.04 Å². The maximum Gasteiger partial charge on any atom is 0.246 e. The van der Waals surface area contributed by atoms with Gasteiger partial charge in [-0.3, -0.25) is 19.3 Å². The number of amides is 3. The van der Waals surface area contributed by atoms with Gasteiger partial charge in [0.1, 0.15) is 11.8 Å². The molecule has 3 atom stereocenters. The van der Waals surface area contributed by atoms with Gasteiger partial charge in [0.15, 0.2) is 0 Å². The predicted octanol–water partition coefficient (Wildman–Crippen LogP) is 3.34. The molecule has 1 fully saturated rings. The Morgan fingerprint density at radius 1 is 1.10 bits per heavy atom. The second-order valence-electron chi connectivity index (χ2n) is 9.22. The van der Waals surface area contributed by atoms with Crippen molar-refractivity contribution >= 4 is 17.7 Å². The molecule has 0 N–H and O–H groups in total. The van der Waals surface area contributed by atoms with Gasteiger partial charge < -0.3 is 9.64 Å². The fourth-order valence-electron chi connectivity index (χ4n) is 5.09. The molecule has 31 heavy (non-hydrogen) atoms. The number of carbonyl (C=O) groups excluding carboxylic acids is 3. The monoisotopic (exact) mass is 424 g/mol. The average molecular weight is 425 g/mol. The number of allylic oxidation sites excluding steroid dienone is 2. The van der Waals surface area contributed by atoms with Crippen LogP contribution < -0.4 is 4.74 Å². The zero-order valence-corrected chi connectivity index (χ0v) is 18.7. The Bertz CT molecular complexity index is 881. The molecule has 0 saturated carbocycles. The Morgan fingerprint density at radius 2 is 1.77 bits per heavy atom. The molecule has 4 rings (SSSR count). The summed E-state index contributed by atoms with van der Waals surface area (Å²) in [6.07, 6.45) is 6.39. The number of imide groups is 1. The van der Waals surface area contributed by atoms with E-state index >= 15 is 0 Å². The third kappa shape index (κ3) is 4.12. The topological polar surface area (TPSA) is 66.9 Å². The third-order valence-electron chi connectivity index (χ3n) is 6.65. The Kier molecular flexibility index (Phi) is 6.17. The van der Waals surface area contributed by atoms with Crippen LogP contribution in [0.5, 0.6) is 5.75 Å². The van der Waals surface area contributed by atoms with Crippen LogP contribution in [0.4, 0.5) is 0 Å². The van der Waals surface area contributed by atoms with Crippen LogP contribution in [0.3, 0.4) is 0 Å². The van der Waals surface area contributed by atoms with E-state index in [-0.39, 0.29) is 35.5 Å². The zero-order valence-electron chi connectivity index (χ0n) is 18.7. The van der Waals surface area contributed by atoms with Crippen molar-refractivity contribution in [1.29, 1.82) is 0 Å². The quantitative estimate of drug-likeness (QED) is 0.519. The lowest BCUT2D eigenvalue weighted by atomic mass is 9.85. The minimum absolute atomic E-state index is 0.116. The molecule has 6 nitrogen and oxygen atoms in total. The highest BCUT2D eigenvalue weighted by atomic mass is 16.5. The largest absolute Gasteiger partial charge is 0.494 e. The first-order valence-corrected chi connectivity index (χ1v) is 11.5. The molecule has 0 bridgehead atoms. The molecule has 0 radical (unpaired) electrons. The lowest BCUT2D eigenvalue weighted by Crippen LogP contribution is -2.52. The summed E-state index contributed by atoms with van der Waals surface area (Å²) in [6, 6.07) is 5.32. The minimum atomic E-state index is -0.720. The lowest BCUT2D eigenvalue weighted by Gasteiger charge is -2.35. The van der Waals surface area contributed by atoms with Crippen LogP contribution in [0.2, 0.25) is 0 Å². The van der Waals surface area contributed by atoms with Gasteiger partial charge in [-0.05, 0) is 61.8 Å². The van der Waals surface area contributed by atoms with Crippen molar-refractivity contribution in [3.8, 4) is 5.75 Å². The number of rotatable bonds is 6. The van der Waals surface area contributed by atoms with Gasteiger partial charge >= 0.3 is 0 Å². The molecule has 2 aliphatic heterocycles. The number of nitrogens with zero attached hydrogens (tertiary/aromatic N) is 2. The highest BCUT2D eigenvalue weighted by molar-refractivity contribution is 6.08. The summed E-state index contributed by atoms with van der Waals surface area (Å²) >= 11 is 0. The fraction of sp³-hybridized carbons (Fsp3) is 0.560. The molecular formula is C25H32N2O4. The van der Waals surface area contributed by atoms with Gasteiger partial charge in [-0.2, -0.15) is 0 Å². The van der Waals surface area contributed by atoms with Crippen LogP contribution in [0.25, 0.3) is 0 Å².